The van der Waals surface area contributed by atoms with Crippen LogP contribution >= 0.6 is 11.3 Å². The summed E-state index contributed by atoms with van der Waals surface area (Å²) in [5, 5.41) is 11.3. The van der Waals surface area contributed by atoms with Gasteiger partial charge in [0.25, 0.3) is 0 Å². The van der Waals surface area contributed by atoms with E-state index in [0.717, 1.165) is 18.9 Å². The number of carboxylic acid groups (broad SMARTS) is 1. The maximum atomic E-state index is 11.1. The molecular formula is C15H21NO2S. The number of piperidine rings is 1. The van der Waals surface area contributed by atoms with Gasteiger partial charge in [-0.15, -0.1) is 11.3 Å². The lowest BCUT2D eigenvalue weighted by molar-refractivity contribution is -0.139. The van der Waals surface area contributed by atoms with E-state index in [0.29, 0.717) is 12.5 Å². The van der Waals surface area contributed by atoms with Gasteiger partial charge in [0.15, 0.2) is 0 Å². The summed E-state index contributed by atoms with van der Waals surface area (Å²) in [4.78, 5) is 15.0. The Balaban J connectivity index is 1.80. The van der Waals surface area contributed by atoms with E-state index in [9.17, 15) is 4.79 Å². The number of likely N-dealkylation sites (tertiary alicyclic amines) is 1. The first-order valence-corrected chi connectivity index (χ1v) is 8.14. The Kier molecular flexibility index (Phi) is 3.89. The highest BCUT2D eigenvalue weighted by molar-refractivity contribution is 7.10. The predicted molar refractivity (Wildman–Crippen MR) is 76.4 cm³/mol. The fourth-order valence-electron chi connectivity index (χ4n) is 3.35. The summed E-state index contributed by atoms with van der Waals surface area (Å²) in [6.45, 7) is 1.07. The first kappa shape index (κ1) is 13.1. The van der Waals surface area contributed by atoms with Crippen LogP contribution in [0.25, 0.3) is 0 Å². The van der Waals surface area contributed by atoms with Gasteiger partial charge >= 0.3 is 5.97 Å². The average Bonchev–Trinajstić information content (AvgIpc) is 3.06. The van der Waals surface area contributed by atoms with Gasteiger partial charge in [-0.2, -0.15) is 0 Å². The molecule has 1 aliphatic carbocycles. The second kappa shape index (κ2) is 5.63. The summed E-state index contributed by atoms with van der Waals surface area (Å²) in [5.41, 5.74) is 0. The van der Waals surface area contributed by atoms with Crippen LogP contribution in [0.15, 0.2) is 17.5 Å². The SMILES string of the molecule is O=C(O)CC1CCCCN1C(c1cccs1)C1CC1. The molecule has 3 nitrogen and oxygen atoms in total. The van der Waals surface area contributed by atoms with Gasteiger partial charge < -0.3 is 5.11 Å². The lowest BCUT2D eigenvalue weighted by Gasteiger charge is -2.40. The van der Waals surface area contributed by atoms with Gasteiger partial charge in [-0.05, 0) is 49.6 Å². The molecule has 3 rings (SSSR count). The number of carboxylic acids is 1. The van der Waals surface area contributed by atoms with Crippen molar-refractivity contribution in [2.45, 2.75) is 50.6 Å². The van der Waals surface area contributed by atoms with Crippen molar-refractivity contribution in [1.29, 1.82) is 0 Å². The fraction of sp³-hybridized carbons (Fsp3) is 0.667. The third-order valence-electron chi connectivity index (χ3n) is 4.34. The molecule has 2 heterocycles. The van der Waals surface area contributed by atoms with Crippen LogP contribution in [0.4, 0.5) is 0 Å². The predicted octanol–water partition coefficient (Wildman–Crippen LogP) is 3.53. The Bertz CT molecular complexity index is 427. The van der Waals surface area contributed by atoms with Crippen LogP contribution in [0, 0.1) is 5.92 Å². The van der Waals surface area contributed by atoms with Gasteiger partial charge in [-0.3, -0.25) is 9.69 Å². The van der Waals surface area contributed by atoms with Crippen LogP contribution in [-0.4, -0.2) is 28.6 Å². The molecule has 1 N–H and O–H groups in total. The molecule has 0 amide bonds. The number of rotatable bonds is 5. The molecule has 0 radical (unpaired) electrons. The molecular weight excluding hydrogens is 258 g/mol. The maximum absolute atomic E-state index is 11.1. The molecule has 2 fully saturated rings. The number of hydrogen-bond donors (Lipinski definition) is 1. The van der Waals surface area contributed by atoms with Gasteiger partial charge in [0.05, 0.1) is 6.42 Å². The quantitative estimate of drug-likeness (QED) is 0.896. The molecule has 4 heteroatoms. The smallest absolute Gasteiger partial charge is 0.304 e. The van der Waals surface area contributed by atoms with Gasteiger partial charge in [-0.25, -0.2) is 0 Å². The lowest BCUT2D eigenvalue weighted by atomic mass is 9.95. The van der Waals surface area contributed by atoms with E-state index in [1.54, 1.807) is 0 Å². The second-order valence-corrected chi connectivity index (χ2v) is 6.76. The summed E-state index contributed by atoms with van der Waals surface area (Å²) in [6.07, 6.45) is 6.34. The summed E-state index contributed by atoms with van der Waals surface area (Å²) in [6, 6.07) is 5.05. The van der Waals surface area contributed by atoms with Crippen LogP contribution in [0.3, 0.4) is 0 Å². The average molecular weight is 279 g/mol. The minimum absolute atomic E-state index is 0.235. The van der Waals surface area contributed by atoms with Crippen molar-refractivity contribution in [3.8, 4) is 0 Å². The van der Waals surface area contributed by atoms with Gasteiger partial charge in [0, 0.05) is 17.0 Å². The third-order valence-corrected chi connectivity index (χ3v) is 5.29. The van der Waals surface area contributed by atoms with Crippen molar-refractivity contribution in [1.82, 2.24) is 4.90 Å². The van der Waals surface area contributed by atoms with Gasteiger partial charge in [0.1, 0.15) is 0 Å². The van der Waals surface area contributed by atoms with E-state index in [2.05, 4.69) is 22.4 Å². The fourth-order valence-corrected chi connectivity index (χ4v) is 4.29. The Hall–Kier alpha value is -0.870. The standard InChI is InChI=1S/C15H21NO2S/c17-14(18)10-12-4-1-2-8-16(12)15(11-6-7-11)13-5-3-9-19-13/h3,5,9,11-12,15H,1-2,4,6-8,10H2,(H,17,18). The minimum Gasteiger partial charge on any atom is -0.481 e. The van der Waals surface area contributed by atoms with Crippen LogP contribution in [0.2, 0.25) is 0 Å². The zero-order chi connectivity index (χ0) is 13.2. The van der Waals surface area contributed by atoms with E-state index < -0.39 is 5.97 Å². The minimum atomic E-state index is -0.655. The molecule has 104 valence electrons. The molecule has 0 bridgehead atoms. The van der Waals surface area contributed by atoms with Crippen molar-refractivity contribution >= 4 is 17.3 Å². The van der Waals surface area contributed by atoms with Crippen molar-refractivity contribution in [3.63, 3.8) is 0 Å². The van der Waals surface area contributed by atoms with Crippen molar-refractivity contribution in [2.75, 3.05) is 6.54 Å². The highest BCUT2D eigenvalue weighted by Gasteiger charge is 2.40. The molecule has 1 saturated carbocycles. The molecule has 2 aliphatic rings. The molecule has 2 unspecified atom stereocenters. The molecule has 0 aromatic carbocycles. The van der Waals surface area contributed by atoms with Crippen LogP contribution in [0.1, 0.15) is 49.4 Å². The Labute approximate surface area is 118 Å². The van der Waals surface area contributed by atoms with E-state index in [1.165, 1.54) is 30.6 Å². The van der Waals surface area contributed by atoms with Crippen LogP contribution in [-0.2, 0) is 4.79 Å². The van der Waals surface area contributed by atoms with Crippen LogP contribution < -0.4 is 0 Å². The van der Waals surface area contributed by atoms with Crippen molar-refractivity contribution in [2.24, 2.45) is 5.92 Å². The number of hydrogen-bond acceptors (Lipinski definition) is 3. The zero-order valence-electron chi connectivity index (χ0n) is 11.1. The van der Waals surface area contributed by atoms with Crippen LogP contribution in [0.5, 0.6) is 0 Å². The summed E-state index contributed by atoms with van der Waals surface area (Å²) >= 11 is 1.82. The number of carbonyl (C=O) groups is 1. The first-order valence-electron chi connectivity index (χ1n) is 7.26. The van der Waals surface area contributed by atoms with Crippen molar-refractivity contribution in [3.05, 3.63) is 22.4 Å². The Morgan fingerprint density at radius 1 is 1.42 bits per heavy atom. The summed E-state index contributed by atoms with van der Waals surface area (Å²) in [5.74, 6) is 0.102. The number of thiophene rings is 1. The van der Waals surface area contributed by atoms with E-state index in [1.807, 2.05) is 11.3 Å². The normalized spacial score (nSPS) is 26.2. The lowest BCUT2D eigenvalue weighted by Crippen LogP contribution is -2.43. The third kappa shape index (κ3) is 3.00. The molecule has 1 saturated heterocycles. The number of nitrogens with zero attached hydrogens (tertiary/aromatic N) is 1. The van der Waals surface area contributed by atoms with Crippen molar-refractivity contribution < 1.29 is 9.90 Å². The largest absolute Gasteiger partial charge is 0.481 e. The molecule has 1 aromatic rings. The van der Waals surface area contributed by atoms with E-state index in [-0.39, 0.29) is 6.04 Å². The molecule has 1 aromatic heterocycles. The summed E-state index contributed by atoms with van der Waals surface area (Å²) < 4.78 is 0. The highest BCUT2D eigenvalue weighted by atomic mass is 32.1. The number of aliphatic carboxylic acids is 1. The van der Waals surface area contributed by atoms with E-state index >= 15 is 0 Å². The van der Waals surface area contributed by atoms with Gasteiger partial charge in [-0.1, -0.05) is 12.5 Å². The Morgan fingerprint density at radius 3 is 2.89 bits per heavy atom. The summed E-state index contributed by atoms with van der Waals surface area (Å²) in [7, 11) is 0. The molecule has 0 spiro atoms. The molecule has 1 aliphatic heterocycles. The maximum Gasteiger partial charge on any atom is 0.304 e. The van der Waals surface area contributed by atoms with E-state index in [4.69, 9.17) is 5.11 Å². The highest BCUT2D eigenvalue weighted by Crippen LogP contribution is 2.47. The molecule has 19 heavy (non-hydrogen) atoms. The second-order valence-electron chi connectivity index (χ2n) is 5.78. The zero-order valence-corrected chi connectivity index (χ0v) is 11.9. The first-order chi connectivity index (χ1) is 9.25. The Morgan fingerprint density at radius 2 is 2.26 bits per heavy atom. The van der Waals surface area contributed by atoms with Gasteiger partial charge in [0.2, 0.25) is 0 Å². The topological polar surface area (TPSA) is 40.5 Å². The molecule has 2 atom stereocenters. The monoisotopic (exact) mass is 279 g/mol.